The number of nitrogens with zero attached hydrogens (tertiary/aromatic N) is 3. The van der Waals surface area contributed by atoms with Crippen molar-refractivity contribution >= 4 is 29.4 Å². The Kier molecular flexibility index (Phi) is 5.86. The molecule has 1 saturated heterocycles. The molecule has 1 aromatic carbocycles. The minimum absolute atomic E-state index is 0.139. The maximum atomic E-state index is 12.7. The second-order valence-corrected chi connectivity index (χ2v) is 7.70. The van der Waals surface area contributed by atoms with Gasteiger partial charge in [0.15, 0.2) is 6.10 Å². The van der Waals surface area contributed by atoms with E-state index in [-0.39, 0.29) is 17.0 Å². The van der Waals surface area contributed by atoms with Crippen molar-refractivity contribution in [2.24, 2.45) is 5.92 Å². The van der Waals surface area contributed by atoms with Crippen molar-refractivity contribution in [3.05, 3.63) is 39.4 Å². The van der Waals surface area contributed by atoms with Gasteiger partial charge in [-0.25, -0.2) is 4.79 Å². The Balaban J connectivity index is 1.71. The first-order chi connectivity index (χ1) is 14.1. The molecule has 0 bridgehead atoms. The van der Waals surface area contributed by atoms with Crippen molar-refractivity contribution in [2.75, 3.05) is 13.1 Å². The Morgan fingerprint density at radius 2 is 1.80 bits per heavy atom. The summed E-state index contributed by atoms with van der Waals surface area (Å²) in [6.45, 7) is 6.01. The third kappa shape index (κ3) is 3.77. The normalized spacial score (nSPS) is 18.8. The molecule has 0 radical (unpaired) electrons. The van der Waals surface area contributed by atoms with Gasteiger partial charge in [0, 0.05) is 19.2 Å². The lowest BCUT2D eigenvalue weighted by Crippen LogP contribution is -2.48. The van der Waals surface area contributed by atoms with Gasteiger partial charge in [0.2, 0.25) is 0 Å². The van der Waals surface area contributed by atoms with Crippen LogP contribution < -0.4 is 0 Å². The van der Waals surface area contributed by atoms with Gasteiger partial charge in [0.25, 0.3) is 23.4 Å². The molecule has 2 aliphatic heterocycles. The lowest BCUT2D eigenvalue weighted by Gasteiger charge is -2.32. The topological polar surface area (TPSA) is 127 Å². The number of esters is 1. The summed E-state index contributed by atoms with van der Waals surface area (Å²) in [5.74, 6) is -2.48. The number of carbonyl (C=O) groups is 4. The van der Waals surface area contributed by atoms with E-state index in [9.17, 15) is 29.3 Å². The summed E-state index contributed by atoms with van der Waals surface area (Å²) >= 11 is 0. The number of likely N-dealkylation sites (tertiary alicyclic amines) is 1. The number of nitro benzene ring substituents is 1. The SMILES string of the molecule is CC1CCN(C(=O)[C@@H](C)OC(=O)[C@H](C)N2C(=O)c3cccc([N+](=O)[O-])c3C2=O)CC1. The Bertz CT molecular complexity index is 921. The summed E-state index contributed by atoms with van der Waals surface area (Å²) in [7, 11) is 0. The van der Waals surface area contributed by atoms with E-state index in [2.05, 4.69) is 6.92 Å². The average Bonchev–Trinajstić information content (AvgIpc) is 2.97. The van der Waals surface area contributed by atoms with Crippen molar-refractivity contribution in [1.82, 2.24) is 9.80 Å². The second-order valence-electron chi connectivity index (χ2n) is 7.70. The lowest BCUT2D eigenvalue weighted by molar-refractivity contribution is -0.385. The molecule has 0 saturated carbocycles. The quantitative estimate of drug-likeness (QED) is 0.309. The number of piperidine rings is 1. The van der Waals surface area contributed by atoms with Crippen molar-refractivity contribution in [3.63, 3.8) is 0 Å². The summed E-state index contributed by atoms with van der Waals surface area (Å²) in [6, 6.07) is 2.38. The number of amides is 3. The summed E-state index contributed by atoms with van der Waals surface area (Å²) in [6.07, 6.45) is 0.672. The van der Waals surface area contributed by atoms with Crippen LogP contribution in [0, 0.1) is 16.0 Å². The average molecular weight is 417 g/mol. The van der Waals surface area contributed by atoms with E-state index in [4.69, 9.17) is 4.74 Å². The molecule has 3 rings (SSSR count). The molecule has 1 fully saturated rings. The molecule has 0 aromatic heterocycles. The standard InChI is InChI=1S/C20H23N3O7/c1-11-7-9-21(10-8-11)17(24)13(3)30-20(27)12(2)22-18(25)14-5-4-6-15(23(28)29)16(14)19(22)26/h4-6,11-13H,7-10H2,1-3H3/t12-,13+/m0/s1. The van der Waals surface area contributed by atoms with E-state index in [0.717, 1.165) is 18.9 Å². The van der Waals surface area contributed by atoms with Crippen molar-refractivity contribution in [2.45, 2.75) is 45.8 Å². The van der Waals surface area contributed by atoms with Crippen molar-refractivity contribution in [3.8, 4) is 0 Å². The molecule has 2 atom stereocenters. The highest BCUT2D eigenvalue weighted by molar-refractivity contribution is 6.24. The summed E-state index contributed by atoms with van der Waals surface area (Å²) in [5, 5.41) is 11.2. The summed E-state index contributed by atoms with van der Waals surface area (Å²) < 4.78 is 5.23. The van der Waals surface area contributed by atoms with E-state index in [1.54, 1.807) is 4.90 Å². The van der Waals surface area contributed by atoms with Crippen LogP contribution in [-0.4, -0.2) is 63.6 Å². The van der Waals surface area contributed by atoms with Gasteiger partial charge in [-0.2, -0.15) is 0 Å². The molecular weight excluding hydrogens is 394 g/mol. The number of benzene rings is 1. The Hall–Kier alpha value is -3.30. The van der Waals surface area contributed by atoms with Gasteiger partial charge in [-0.3, -0.25) is 29.4 Å². The molecule has 30 heavy (non-hydrogen) atoms. The third-order valence-electron chi connectivity index (χ3n) is 5.59. The minimum atomic E-state index is -1.34. The van der Waals surface area contributed by atoms with Gasteiger partial charge in [0.05, 0.1) is 10.5 Å². The first kappa shape index (κ1) is 21.4. The van der Waals surface area contributed by atoms with Gasteiger partial charge in [-0.1, -0.05) is 13.0 Å². The highest BCUT2D eigenvalue weighted by Gasteiger charge is 2.45. The molecule has 0 N–H and O–H groups in total. The van der Waals surface area contributed by atoms with E-state index >= 15 is 0 Å². The number of hydrogen-bond donors (Lipinski definition) is 0. The van der Waals surface area contributed by atoms with E-state index < -0.39 is 40.5 Å². The molecule has 3 amide bonds. The Morgan fingerprint density at radius 3 is 2.40 bits per heavy atom. The fourth-order valence-corrected chi connectivity index (χ4v) is 3.70. The molecule has 2 aliphatic rings. The maximum absolute atomic E-state index is 12.7. The minimum Gasteiger partial charge on any atom is -0.451 e. The molecule has 10 nitrogen and oxygen atoms in total. The lowest BCUT2D eigenvalue weighted by atomic mass is 9.99. The predicted octanol–water partition coefficient (Wildman–Crippen LogP) is 1.77. The maximum Gasteiger partial charge on any atom is 0.329 e. The zero-order valence-corrected chi connectivity index (χ0v) is 17.0. The second kappa shape index (κ2) is 8.21. The Morgan fingerprint density at radius 1 is 1.17 bits per heavy atom. The van der Waals surface area contributed by atoms with Crippen LogP contribution in [0.25, 0.3) is 0 Å². The fourth-order valence-electron chi connectivity index (χ4n) is 3.70. The third-order valence-corrected chi connectivity index (χ3v) is 5.59. The zero-order valence-electron chi connectivity index (χ0n) is 17.0. The van der Waals surface area contributed by atoms with Crippen LogP contribution in [0.5, 0.6) is 0 Å². The van der Waals surface area contributed by atoms with E-state index in [0.29, 0.717) is 23.9 Å². The van der Waals surface area contributed by atoms with Gasteiger partial charge in [0.1, 0.15) is 11.6 Å². The number of carbonyl (C=O) groups excluding carboxylic acids is 4. The molecule has 10 heteroatoms. The molecule has 160 valence electrons. The Labute approximate surface area is 172 Å². The zero-order chi connectivity index (χ0) is 22.2. The van der Waals surface area contributed by atoms with E-state index in [1.165, 1.54) is 26.0 Å². The van der Waals surface area contributed by atoms with E-state index in [1.807, 2.05) is 0 Å². The molecule has 0 aliphatic carbocycles. The van der Waals surface area contributed by atoms with Crippen LogP contribution in [0.2, 0.25) is 0 Å². The van der Waals surface area contributed by atoms with Crippen LogP contribution in [-0.2, 0) is 14.3 Å². The fraction of sp³-hybridized carbons (Fsp3) is 0.500. The first-order valence-corrected chi connectivity index (χ1v) is 9.78. The summed E-state index contributed by atoms with van der Waals surface area (Å²) in [5.41, 5.74) is -0.990. The highest BCUT2D eigenvalue weighted by atomic mass is 16.6. The number of imide groups is 1. The number of fused-ring (bicyclic) bond motifs is 1. The number of ether oxygens (including phenoxy) is 1. The van der Waals surface area contributed by atoms with Gasteiger partial charge < -0.3 is 9.64 Å². The van der Waals surface area contributed by atoms with Gasteiger partial charge >= 0.3 is 5.97 Å². The monoisotopic (exact) mass is 417 g/mol. The molecule has 1 aromatic rings. The smallest absolute Gasteiger partial charge is 0.329 e. The molecule has 2 heterocycles. The molecular formula is C20H23N3O7. The van der Waals surface area contributed by atoms with Gasteiger partial charge in [-0.15, -0.1) is 0 Å². The predicted molar refractivity (Wildman–Crippen MR) is 104 cm³/mol. The van der Waals surface area contributed by atoms with Crippen LogP contribution in [0.15, 0.2) is 18.2 Å². The molecule has 0 unspecified atom stereocenters. The highest BCUT2D eigenvalue weighted by Crippen LogP contribution is 2.32. The number of nitro groups is 1. The largest absolute Gasteiger partial charge is 0.451 e. The first-order valence-electron chi connectivity index (χ1n) is 9.78. The van der Waals surface area contributed by atoms with Crippen molar-refractivity contribution < 1.29 is 28.8 Å². The number of rotatable bonds is 5. The van der Waals surface area contributed by atoms with Crippen LogP contribution in [0.4, 0.5) is 5.69 Å². The van der Waals surface area contributed by atoms with Crippen LogP contribution >= 0.6 is 0 Å². The van der Waals surface area contributed by atoms with Gasteiger partial charge in [-0.05, 0) is 38.7 Å². The van der Waals surface area contributed by atoms with Crippen molar-refractivity contribution in [1.29, 1.82) is 0 Å². The number of hydrogen-bond acceptors (Lipinski definition) is 7. The molecule has 0 spiro atoms. The van der Waals surface area contributed by atoms with Crippen LogP contribution in [0.1, 0.15) is 54.3 Å². The summed E-state index contributed by atoms with van der Waals surface area (Å²) in [4.78, 5) is 63.1. The van der Waals surface area contributed by atoms with Crippen LogP contribution in [0.3, 0.4) is 0 Å².